The van der Waals surface area contributed by atoms with Crippen molar-refractivity contribution in [3.8, 4) is 23.3 Å². The van der Waals surface area contributed by atoms with Gasteiger partial charge in [-0.3, -0.25) is 9.78 Å². The summed E-state index contributed by atoms with van der Waals surface area (Å²) >= 11 is 0. The minimum absolute atomic E-state index is 0.0336. The van der Waals surface area contributed by atoms with Crippen LogP contribution < -0.4 is 24.8 Å². The number of methoxy groups -OCH3 is 1. The van der Waals surface area contributed by atoms with Crippen LogP contribution in [0.15, 0.2) is 42.6 Å². The van der Waals surface area contributed by atoms with Gasteiger partial charge in [0.2, 0.25) is 0 Å². The Balaban J connectivity index is 0.000000180. The molecule has 1 saturated carbocycles. The predicted molar refractivity (Wildman–Crippen MR) is 142 cm³/mol. The van der Waals surface area contributed by atoms with E-state index in [1.165, 1.54) is 6.42 Å². The van der Waals surface area contributed by atoms with Gasteiger partial charge in [-0.05, 0) is 81.1 Å². The fraction of sp³-hybridized carbons (Fsp3) is 0.414. The SMILES string of the molecule is CCc1c(C#N)cnc2ccc(OC)cc12.CNC1CCCC(NC(=O)c2ccc3c(c2)OCCO3)C1. The molecule has 1 fully saturated rings. The minimum atomic E-state index is -0.0336. The molecule has 2 N–H and O–H groups in total. The Kier molecular flexibility index (Phi) is 8.81. The molecule has 1 aliphatic carbocycles. The van der Waals surface area contributed by atoms with Gasteiger partial charge in [-0.2, -0.15) is 5.26 Å². The predicted octanol–water partition coefficient (Wildman–Crippen LogP) is 4.40. The molecule has 1 aliphatic heterocycles. The number of benzene rings is 2. The number of nitriles is 1. The highest BCUT2D eigenvalue weighted by atomic mass is 16.6. The molecule has 37 heavy (non-hydrogen) atoms. The van der Waals surface area contributed by atoms with E-state index in [0.717, 1.165) is 47.9 Å². The molecule has 5 rings (SSSR count). The molecule has 2 aromatic carbocycles. The van der Waals surface area contributed by atoms with Gasteiger partial charge in [-0.15, -0.1) is 0 Å². The maximum Gasteiger partial charge on any atom is 0.251 e. The van der Waals surface area contributed by atoms with Crippen molar-refractivity contribution in [1.29, 1.82) is 5.26 Å². The van der Waals surface area contributed by atoms with E-state index < -0.39 is 0 Å². The van der Waals surface area contributed by atoms with Crippen molar-refractivity contribution < 1.29 is 19.0 Å². The van der Waals surface area contributed by atoms with Crippen LogP contribution in [0.25, 0.3) is 10.9 Å². The maximum absolute atomic E-state index is 12.4. The van der Waals surface area contributed by atoms with Crippen molar-refractivity contribution in [3.05, 3.63) is 59.3 Å². The first kappa shape index (κ1) is 26.2. The average molecular weight is 503 g/mol. The van der Waals surface area contributed by atoms with Gasteiger partial charge in [0.15, 0.2) is 11.5 Å². The zero-order valence-electron chi connectivity index (χ0n) is 21.7. The van der Waals surface area contributed by atoms with Gasteiger partial charge in [0.05, 0.1) is 18.2 Å². The first-order valence-electron chi connectivity index (χ1n) is 12.8. The second-order valence-corrected chi connectivity index (χ2v) is 9.18. The fourth-order valence-electron chi connectivity index (χ4n) is 4.87. The molecule has 0 spiro atoms. The molecule has 2 atom stereocenters. The first-order chi connectivity index (χ1) is 18.1. The van der Waals surface area contributed by atoms with Crippen LogP contribution in [0.2, 0.25) is 0 Å². The van der Waals surface area contributed by atoms with Crippen molar-refractivity contribution in [2.24, 2.45) is 0 Å². The molecule has 8 nitrogen and oxygen atoms in total. The van der Waals surface area contributed by atoms with E-state index in [1.807, 2.05) is 32.2 Å². The van der Waals surface area contributed by atoms with Crippen LogP contribution >= 0.6 is 0 Å². The summed E-state index contributed by atoms with van der Waals surface area (Å²) in [7, 11) is 3.62. The van der Waals surface area contributed by atoms with Gasteiger partial charge < -0.3 is 24.8 Å². The molecule has 1 amide bonds. The van der Waals surface area contributed by atoms with E-state index in [1.54, 1.807) is 31.5 Å². The van der Waals surface area contributed by atoms with Gasteiger partial charge in [-0.1, -0.05) is 6.92 Å². The number of hydrogen-bond donors (Lipinski definition) is 2. The standard InChI is InChI=1S/C16H22N2O3.C13H12N2O/c1-17-12-3-2-4-13(10-12)18-16(19)11-5-6-14-15(9-11)21-8-7-20-14;1-3-11-9(7-14)8-15-13-5-4-10(16-2)6-12(11)13/h5-6,9,12-13,17H,2-4,7-8,10H2,1H3,(H,18,19);4-6,8H,3H2,1-2H3. The second-order valence-electron chi connectivity index (χ2n) is 9.18. The molecule has 2 unspecified atom stereocenters. The van der Waals surface area contributed by atoms with Crippen LogP contribution in [0.5, 0.6) is 17.2 Å². The molecule has 8 heteroatoms. The molecule has 0 radical (unpaired) electrons. The molecule has 3 aromatic rings. The monoisotopic (exact) mass is 502 g/mol. The number of aryl methyl sites for hydroxylation is 1. The third kappa shape index (κ3) is 6.30. The molecule has 0 bridgehead atoms. The summed E-state index contributed by atoms with van der Waals surface area (Å²) in [5.74, 6) is 2.13. The third-order valence-electron chi connectivity index (χ3n) is 6.88. The Morgan fingerprint density at radius 3 is 2.65 bits per heavy atom. The Bertz CT molecular complexity index is 1290. The summed E-state index contributed by atoms with van der Waals surface area (Å²) in [4.78, 5) is 16.6. The maximum atomic E-state index is 12.4. The average Bonchev–Trinajstić information content (AvgIpc) is 2.96. The van der Waals surface area contributed by atoms with Crippen molar-refractivity contribution in [2.75, 3.05) is 27.4 Å². The molecular formula is C29H34N4O4. The minimum Gasteiger partial charge on any atom is -0.497 e. The number of carbonyl (C=O) groups is 1. The highest BCUT2D eigenvalue weighted by Crippen LogP contribution is 2.31. The van der Waals surface area contributed by atoms with Crippen molar-refractivity contribution in [3.63, 3.8) is 0 Å². The zero-order valence-corrected chi connectivity index (χ0v) is 21.7. The number of carbonyl (C=O) groups excluding carboxylic acids is 1. The van der Waals surface area contributed by atoms with Gasteiger partial charge >= 0.3 is 0 Å². The fourth-order valence-corrected chi connectivity index (χ4v) is 4.87. The summed E-state index contributed by atoms with van der Waals surface area (Å²) in [5.41, 5.74) is 3.21. The van der Waals surface area contributed by atoms with Gasteiger partial charge in [0.1, 0.15) is 25.0 Å². The number of aromatic nitrogens is 1. The number of hydrogen-bond acceptors (Lipinski definition) is 7. The lowest BCUT2D eigenvalue weighted by molar-refractivity contribution is 0.0922. The van der Waals surface area contributed by atoms with E-state index in [-0.39, 0.29) is 11.9 Å². The number of pyridine rings is 1. The second kappa shape index (κ2) is 12.4. The highest BCUT2D eigenvalue weighted by molar-refractivity contribution is 5.95. The van der Waals surface area contributed by atoms with Crippen LogP contribution in [0.1, 0.15) is 54.1 Å². The molecule has 194 valence electrons. The Labute approximate surface area is 217 Å². The quantitative estimate of drug-likeness (QED) is 0.533. The first-order valence-corrected chi connectivity index (χ1v) is 12.8. The van der Waals surface area contributed by atoms with E-state index in [4.69, 9.17) is 19.5 Å². The highest BCUT2D eigenvalue weighted by Gasteiger charge is 2.23. The van der Waals surface area contributed by atoms with Crippen LogP contribution in [0.4, 0.5) is 0 Å². The van der Waals surface area contributed by atoms with Crippen LogP contribution in [-0.4, -0.2) is 50.3 Å². The third-order valence-corrected chi connectivity index (χ3v) is 6.88. The zero-order chi connectivity index (χ0) is 26.2. The Morgan fingerprint density at radius 1 is 1.14 bits per heavy atom. The number of nitrogens with zero attached hydrogens (tertiary/aromatic N) is 2. The van der Waals surface area contributed by atoms with Crippen molar-refractivity contribution in [2.45, 2.75) is 51.1 Å². The number of fused-ring (bicyclic) bond motifs is 2. The van der Waals surface area contributed by atoms with Crippen LogP contribution in [0, 0.1) is 11.3 Å². The molecular weight excluding hydrogens is 468 g/mol. The van der Waals surface area contributed by atoms with Gasteiger partial charge in [-0.25, -0.2) is 0 Å². The Hall–Kier alpha value is -3.83. The van der Waals surface area contributed by atoms with Crippen molar-refractivity contribution in [1.82, 2.24) is 15.6 Å². The topological polar surface area (TPSA) is 106 Å². The summed E-state index contributed by atoms with van der Waals surface area (Å²) < 4.78 is 16.2. The molecule has 2 aliphatic rings. The number of nitrogens with one attached hydrogen (secondary N) is 2. The largest absolute Gasteiger partial charge is 0.497 e. The van der Waals surface area contributed by atoms with E-state index in [0.29, 0.717) is 41.9 Å². The van der Waals surface area contributed by atoms with E-state index in [2.05, 4.69) is 21.7 Å². The van der Waals surface area contributed by atoms with Crippen LogP contribution in [-0.2, 0) is 6.42 Å². The smallest absolute Gasteiger partial charge is 0.251 e. The Morgan fingerprint density at radius 2 is 1.92 bits per heavy atom. The normalized spacial score (nSPS) is 18.2. The van der Waals surface area contributed by atoms with E-state index in [9.17, 15) is 4.79 Å². The summed E-state index contributed by atoms with van der Waals surface area (Å²) in [5, 5.41) is 16.4. The molecule has 0 saturated heterocycles. The summed E-state index contributed by atoms with van der Waals surface area (Å²) in [6.45, 7) is 3.13. The van der Waals surface area contributed by atoms with Gasteiger partial charge in [0, 0.05) is 29.2 Å². The van der Waals surface area contributed by atoms with E-state index >= 15 is 0 Å². The lowest BCUT2D eigenvalue weighted by Crippen LogP contribution is -2.43. The molecule has 2 heterocycles. The summed E-state index contributed by atoms with van der Waals surface area (Å²) in [6, 6.07) is 14.0. The molecule has 1 aromatic heterocycles. The number of ether oxygens (including phenoxy) is 3. The summed E-state index contributed by atoms with van der Waals surface area (Å²) in [6.07, 6.45) is 6.83. The van der Waals surface area contributed by atoms with Gasteiger partial charge in [0.25, 0.3) is 5.91 Å². The number of rotatable bonds is 5. The number of amides is 1. The lowest BCUT2D eigenvalue weighted by Gasteiger charge is -2.29. The van der Waals surface area contributed by atoms with Crippen molar-refractivity contribution >= 4 is 16.8 Å². The lowest BCUT2D eigenvalue weighted by atomic mass is 9.91. The van der Waals surface area contributed by atoms with Crippen LogP contribution in [0.3, 0.4) is 0 Å².